The maximum Gasteiger partial charge on any atom is 0.0145 e. The van der Waals surface area contributed by atoms with Gasteiger partial charge in [0, 0.05) is 4.83 Å². The molecule has 15 heavy (non-hydrogen) atoms. The molecule has 0 bridgehead atoms. The first kappa shape index (κ1) is 12.8. The predicted octanol–water partition coefficient (Wildman–Crippen LogP) is 4.82. The van der Waals surface area contributed by atoms with Gasteiger partial charge in [0.15, 0.2) is 0 Å². The van der Waals surface area contributed by atoms with Crippen LogP contribution in [-0.4, -0.2) is 4.83 Å². The van der Waals surface area contributed by atoms with E-state index in [1.807, 2.05) is 0 Å². The minimum absolute atomic E-state index is 0.651. The average Bonchev–Trinajstić information content (AvgIpc) is 2.25. The fraction of sp³-hybridized carbons (Fsp3) is 0.571. The van der Waals surface area contributed by atoms with E-state index in [4.69, 9.17) is 0 Å². The summed E-state index contributed by atoms with van der Waals surface area (Å²) in [6.07, 6.45) is 5.13. The van der Waals surface area contributed by atoms with Crippen molar-refractivity contribution in [3.05, 3.63) is 35.9 Å². The summed E-state index contributed by atoms with van der Waals surface area (Å²) in [5.41, 5.74) is 1.47. The van der Waals surface area contributed by atoms with E-state index in [0.29, 0.717) is 4.83 Å². The van der Waals surface area contributed by atoms with Gasteiger partial charge in [-0.1, -0.05) is 66.5 Å². The molecule has 0 saturated heterocycles. The molecule has 1 aromatic carbocycles. The number of aryl methyl sites for hydroxylation is 1. The van der Waals surface area contributed by atoms with Gasteiger partial charge in [0.1, 0.15) is 0 Å². The summed E-state index contributed by atoms with van der Waals surface area (Å²) in [7, 11) is 0. The van der Waals surface area contributed by atoms with Gasteiger partial charge < -0.3 is 0 Å². The first-order chi connectivity index (χ1) is 7.24. The highest BCUT2D eigenvalue weighted by Crippen LogP contribution is 2.22. The molecule has 0 aliphatic rings. The third-order valence-electron chi connectivity index (χ3n) is 3.06. The SMILES string of the molecule is CCC(CCCc1ccccc1)C(C)Br. The van der Waals surface area contributed by atoms with Crippen molar-refractivity contribution in [1.82, 2.24) is 0 Å². The summed E-state index contributed by atoms with van der Waals surface area (Å²) < 4.78 is 0. The number of benzene rings is 1. The van der Waals surface area contributed by atoms with Gasteiger partial charge in [-0.25, -0.2) is 0 Å². The first-order valence-corrected chi connectivity index (χ1v) is 6.83. The molecule has 0 aliphatic heterocycles. The van der Waals surface area contributed by atoms with E-state index in [-0.39, 0.29) is 0 Å². The zero-order chi connectivity index (χ0) is 11.1. The molecule has 0 heterocycles. The van der Waals surface area contributed by atoms with Crippen molar-refractivity contribution in [2.45, 2.75) is 44.4 Å². The van der Waals surface area contributed by atoms with Gasteiger partial charge in [0.25, 0.3) is 0 Å². The molecule has 0 radical (unpaired) electrons. The molecular weight excluding hydrogens is 248 g/mol. The summed E-state index contributed by atoms with van der Waals surface area (Å²) in [6.45, 7) is 4.54. The Morgan fingerprint density at radius 2 is 1.87 bits per heavy atom. The Morgan fingerprint density at radius 1 is 1.20 bits per heavy atom. The number of hydrogen-bond acceptors (Lipinski definition) is 0. The van der Waals surface area contributed by atoms with Crippen LogP contribution in [0.3, 0.4) is 0 Å². The average molecular weight is 269 g/mol. The molecule has 1 aromatic rings. The second-order valence-electron chi connectivity index (χ2n) is 4.22. The molecule has 1 heteroatoms. The molecule has 0 aromatic heterocycles. The lowest BCUT2D eigenvalue weighted by atomic mass is 9.95. The molecule has 2 atom stereocenters. The second-order valence-corrected chi connectivity index (χ2v) is 5.67. The Balaban J connectivity index is 2.27. The quantitative estimate of drug-likeness (QED) is 0.649. The fourth-order valence-electron chi connectivity index (χ4n) is 1.97. The van der Waals surface area contributed by atoms with E-state index in [0.717, 1.165) is 5.92 Å². The molecule has 0 spiro atoms. The van der Waals surface area contributed by atoms with Crippen LogP contribution >= 0.6 is 15.9 Å². The van der Waals surface area contributed by atoms with Crippen LogP contribution in [0.1, 0.15) is 38.7 Å². The monoisotopic (exact) mass is 268 g/mol. The third-order valence-corrected chi connectivity index (χ3v) is 3.80. The highest BCUT2D eigenvalue weighted by molar-refractivity contribution is 9.09. The van der Waals surface area contributed by atoms with E-state index in [2.05, 4.69) is 60.1 Å². The number of halogens is 1. The summed E-state index contributed by atoms with van der Waals surface area (Å²) in [5.74, 6) is 0.828. The largest absolute Gasteiger partial charge is 0.0891 e. The minimum Gasteiger partial charge on any atom is -0.0891 e. The van der Waals surface area contributed by atoms with Crippen molar-refractivity contribution in [2.75, 3.05) is 0 Å². The van der Waals surface area contributed by atoms with Gasteiger partial charge in [-0.3, -0.25) is 0 Å². The van der Waals surface area contributed by atoms with Gasteiger partial charge >= 0.3 is 0 Å². The highest BCUT2D eigenvalue weighted by atomic mass is 79.9. The molecule has 0 fully saturated rings. The molecule has 0 saturated carbocycles. The molecule has 1 rings (SSSR count). The third kappa shape index (κ3) is 4.83. The Bertz CT molecular complexity index is 253. The lowest BCUT2D eigenvalue weighted by Gasteiger charge is -2.17. The van der Waals surface area contributed by atoms with Gasteiger partial charge in [-0.2, -0.15) is 0 Å². The Hall–Kier alpha value is -0.300. The van der Waals surface area contributed by atoms with Crippen molar-refractivity contribution in [2.24, 2.45) is 5.92 Å². The van der Waals surface area contributed by atoms with Crippen LogP contribution < -0.4 is 0 Å². The van der Waals surface area contributed by atoms with Gasteiger partial charge in [-0.05, 0) is 30.7 Å². The number of alkyl halides is 1. The van der Waals surface area contributed by atoms with Crippen LogP contribution in [0.25, 0.3) is 0 Å². The lowest BCUT2D eigenvalue weighted by molar-refractivity contribution is 0.456. The molecular formula is C14H21Br. The predicted molar refractivity (Wildman–Crippen MR) is 71.6 cm³/mol. The van der Waals surface area contributed by atoms with Crippen LogP contribution in [0.15, 0.2) is 30.3 Å². The van der Waals surface area contributed by atoms with Gasteiger partial charge in [0.2, 0.25) is 0 Å². The van der Waals surface area contributed by atoms with Gasteiger partial charge in [0.05, 0.1) is 0 Å². The zero-order valence-corrected chi connectivity index (χ0v) is 11.3. The Morgan fingerprint density at radius 3 is 2.40 bits per heavy atom. The summed E-state index contributed by atoms with van der Waals surface area (Å²) in [4.78, 5) is 0.651. The molecule has 0 aliphatic carbocycles. The van der Waals surface area contributed by atoms with E-state index < -0.39 is 0 Å². The van der Waals surface area contributed by atoms with Gasteiger partial charge in [-0.15, -0.1) is 0 Å². The molecule has 84 valence electrons. The van der Waals surface area contributed by atoms with E-state index in [1.165, 1.54) is 31.2 Å². The lowest BCUT2D eigenvalue weighted by Crippen LogP contribution is -2.09. The van der Waals surface area contributed by atoms with Crippen molar-refractivity contribution in [3.8, 4) is 0 Å². The number of hydrogen-bond donors (Lipinski definition) is 0. The molecule has 0 nitrogen and oxygen atoms in total. The zero-order valence-electron chi connectivity index (χ0n) is 9.75. The van der Waals surface area contributed by atoms with Crippen LogP contribution in [0, 0.1) is 5.92 Å². The van der Waals surface area contributed by atoms with Crippen molar-refractivity contribution in [3.63, 3.8) is 0 Å². The Kier molecular flexibility index (Phi) is 6.00. The number of rotatable bonds is 6. The van der Waals surface area contributed by atoms with Crippen molar-refractivity contribution < 1.29 is 0 Å². The summed E-state index contributed by atoms with van der Waals surface area (Å²) >= 11 is 3.69. The minimum atomic E-state index is 0.651. The van der Waals surface area contributed by atoms with E-state index >= 15 is 0 Å². The first-order valence-electron chi connectivity index (χ1n) is 5.92. The molecule has 2 unspecified atom stereocenters. The van der Waals surface area contributed by atoms with Crippen LogP contribution in [0.5, 0.6) is 0 Å². The maximum atomic E-state index is 3.69. The normalized spacial score (nSPS) is 14.9. The van der Waals surface area contributed by atoms with Crippen molar-refractivity contribution in [1.29, 1.82) is 0 Å². The Labute approximate surface area is 102 Å². The summed E-state index contributed by atoms with van der Waals surface area (Å²) in [5, 5.41) is 0. The standard InChI is InChI=1S/C14H21Br/c1-3-14(12(2)15)11-7-10-13-8-5-4-6-9-13/h4-6,8-9,12,14H,3,7,10-11H2,1-2H3. The highest BCUT2D eigenvalue weighted by Gasteiger charge is 2.11. The molecule has 0 amide bonds. The van der Waals surface area contributed by atoms with Crippen LogP contribution in [-0.2, 0) is 6.42 Å². The fourth-order valence-corrected chi connectivity index (χ4v) is 2.61. The maximum absolute atomic E-state index is 3.69. The van der Waals surface area contributed by atoms with E-state index in [1.54, 1.807) is 0 Å². The molecule has 0 N–H and O–H groups in total. The van der Waals surface area contributed by atoms with Crippen LogP contribution in [0.2, 0.25) is 0 Å². The topological polar surface area (TPSA) is 0 Å². The smallest absolute Gasteiger partial charge is 0.0145 e. The second kappa shape index (κ2) is 7.05. The van der Waals surface area contributed by atoms with Crippen LogP contribution in [0.4, 0.5) is 0 Å². The summed E-state index contributed by atoms with van der Waals surface area (Å²) in [6, 6.07) is 10.8. The van der Waals surface area contributed by atoms with E-state index in [9.17, 15) is 0 Å². The van der Waals surface area contributed by atoms with Crippen molar-refractivity contribution >= 4 is 15.9 Å².